The van der Waals surface area contributed by atoms with Gasteiger partial charge in [-0.2, -0.15) is 0 Å². The molecule has 0 fully saturated rings. The zero-order chi connectivity index (χ0) is 15.4. The topological polar surface area (TPSA) is 48.3 Å². The van der Waals surface area contributed by atoms with E-state index in [-0.39, 0.29) is 5.78 Å². The minimum absolute atomic E-state index is 0.194. The summed E-state index contributed by atoms with van der Waals surface area (Å²) >= 11 is 0. The van der Waals surface area contributed by atoms with Crippen LogP contribution in [0.4, 0.5) is 0 Å². The first-order chi connectivity index (χ1) is 10.0. The standard InChI is InChI=1S/C17H19NO3/c1-4-13-7-9-14(10-8-13)16(19)12(2)21-17(20)15-6-5-11-18(15)3/h5-12H,4H2,1-3H3. The van der Waals surface area contributed by atoms with Gasteiger partial charge >= 0.3 is 5.97 Å². The number of aryl methyl sites for hydroxylation is 2. The highest BCUT2D eigenvalue weighted by Crippen LogP contribution is 2.11. The smallest absolute Gasteiger partial charge is 0.355 e. The lowest BCUT2D eigenvalue weighted by Crippen LogP contribution is -2.25. The minimum atomic E-state index is -0.806. The molecule has 2 rings (SSSR count). The molecule has 2 aromatic rings. The van der Waals surface area contributed by atoms with Crippen LogP contribution in [-0.2, 0) is 18.2 Å². The van der Waals surface area contributed by atoms with Crippen molar-refractivity contribution in [3.8, 4) is 0 Å². The van der Waals surface area contributed by atoms with Crippen LogP contribution in [0.3, 0.4) is 0 Å². The second-order valence-electron chi connectivity index (χ2n) is 4.97. The molecule has 110 valence electrons. The number of benzene rings is 1. The number of hydrogen-bond donors (Lipinski definition) is 0. The van der Waals surface area contributed by atoms with Gasteiger partial charge in [0.25, 0.3) is 0 Å². The predicted octanol–water partition coefficient (Wildman–Crippen LogP) is 3.02. The van der Waals surface area contributed by atoms with Crippen molar-refractivity contribution in [3.05, 3.63) is 59.4 Å². The van der Waals surface area contributed by atoms with Gasteiger partial charge in [0.1, 0.15) is 5.69 Å². The summed E-state index contributed by atoms with van der Waals surface area (Å²) in [5.74, 6) is -0.686. The monoisotopic (exact) mass is 285 g/mol. The van der Waals surface area contributed by atoms with Gasteiger partial charge in [-0.05, 0) is 31.0 Å². The quantitative estimate of drug-likeness (QED) is 0.626. The van der Waals surface area contributed by atoms with Crippen molar-refractivity contribution in [1.82, 2.24) is 4.57 Å². The fourth-order valence-corrected chi connectivity index (χ4v) is 2.09. The van der Waals surface area contributed by atoms with Gasteiger partial charge in [-0.3, -0.25) is 4.79 Å². The van der Waals surface area contributed by atoms with E-state index in [2.05, 4.69) is 6.92 Å². The highest BCUT2D eigenvalue weighted by atomic mass is 16.5. The van der Waals surface area contributed by atoms with Crippen molar-refractivity contribution < 1.29 is 14.3 Å². The predicted molar refractivity (Wildman–Crippen MR) is 80.4 cm³/mol. The van der Waals surface area contributed by atoms with Crippen molar-refractivity contribution >= 4 is 11.8 Å². The number of hydrogen-bond acceptors (Lipinski definition) is 3. The number of Topliss-reactive ketones (excluding diaryl/α,β-unsaturated/α-hetero) is 1. The summed E-state index contributed by atoms with van der Waals surface area (Å²) < 4.78 is 6.90. The average molecular weight is 285 g/mol. The number of carbonyl (C=O) groups is 2. The molecule has 0 radical (unpaired) electrons. The van der Waals surface area contributed by atoms with E-state index >= 15 is 0 Å². The Balaban J connectivity index is 2.05. The molecule has 0 aliphatic carbocycles. The van der Waals surface area contributed by atoms with Gasteiger partial charge in [0, 0.05) is 18.8 Å². The van der Waals surface area contributed by atoms with E-state index < -0.39 is 12.1 Å². The Bertz CT molecular complexity index is 640. The van der Waals surface area contributed by atoms with E-state index in [1.807, 2.05) is 12.1 Å². The molecule has 4 nitrogen and oxygen atoms in total. The van der Waals surface area contributed by atoms with Crippen molar-refractivity contribution in [2.24, 2.45) is 7.05 Å². The number of aromatic nitrogens is 1. The molecule has 1 aromatic carbocycles. The Morgan fingerprint density at radius 2 is 1.86 bits per heavy atom. The van der Waals surface area contributed by atoms with Crippen molar-refractivity contribution in [1.29, 1.82) is 0 Å². The average Bonchev–Trinajstić information content (AvgIpc) is 2.92. The maximum atomic E-state index is 12.3. The number of nitrogens with zero attached hydrogens (tertiary/aromatic N) is 1. The normalized spacial score (nSPS) is 12.0. The zero-order valence-corrected chi connectivity index (χ0v) is 12.5. The lowest BCUT2D eigenvalue weighted by molar-refractivity contribution is 0.0309. The summed E-state index contributed by atoms with van der Waals surface area (Å²) in [4.78, 5) is 24.2. The van der Waals surface area contributed by atoms with Crippen LogP contribution in [0.2, 0.25) is 0 Å². The van der Waals surface area contributed by atoms with E-state index in [1.165, 1.54) is 5.56 Å². The molecule has 0 aliphatic heterocycles. The highest BCUT2D eigenvalue weighted by molar-refractivity contribution is 6.01. The van der Waals surface area contributed by atoms with Gasteiger partial charge in [0.2, 0.25) is 5.78 Å². The van der Waals surface area contributed by atoms with Gasteiger partial charge in [0.05, 0.1) is 0 Å². The molecule has 0 saturated carbocycles. The number of carbonyl (C=O) groups excluding carboxylic acids is 2. The lowest BCUT2D eigenvalue weighted by Gasteiger charge is -2.13. The molecular formula is C17H19NO3. The van der Waals surface area contributed by atoms with Crippen LogP contribution >= 0.6 is 0 Å². The van der Waals surface area contributed by atoms with Gasteiger partial charge in [-0.15, -0.1) is 0 Å². The fraction of sp³-hybridized carbons (Fsp3) is 0.294. The summed E-state index contributed by atoms with van der Waals surface area (Å²) in [7, 11) is 1.76. The number of ether oxygens (including phenoxy) is 1. The molecular weight excluding hydrogens is 266 g/mol. The first-order valence-electron chi connectivity index (χ1n) is 6.98. The SMILES string of the molecule is CCc1ccc(C(=O)C(C)OC(=O)c2cccn2C)cc1. The van der Waals surface area contributed by atoms with Crippen molar-refractivity contribution in [2.45, 2.75) is 26.4 Å². The summed E-state index contributed by atoms with van der Waals surface area (Å²) in [6, 6.07) is 10.8. The molecule has 0 N–H and O–H groups in total. The molecule has 21 heavy (non-hydrogen) atoms. The van der Waals surface area contributed by atoms with E-state index in [0.717, 1.165) is 6.42 Å². The van der Waals surface area contributed by atoms with E-state index in [9.17, 15) is 9.59 Å². The molecule has 0 amide bonds. The fourth-order valence-electron chi connectivity index (χ4n) is 2.09. The molecule has 1 aromatic heterocycles. The molecule has 1 unspecified atom stereocenters. The third-order valence-electron chi connectivity index (χ3n) is 3.45. The van der Waals surface area contributed by atoms with E-state index in [4.69, 9.17) is 4.74 Å². The van der Waals surface area contributed by atoms with Crippen molar-refractivity contribution in [2.75, 3.05) is 0 Å². The third-order valence-corrected chi connectivity index (χ3v) is 3.45. The molecule has 1 atom stereocenters. The first-order valence-corrected chi connectivity index (χ1v) is 6.98. The largest absolute Gasteiger partial charge is 0.450 e. The third kappa shape index (κ3) is 3.40. The van der Waals surface area contributed by atoms with Crippen molar-refractivity contribution in [3.63, 3.8) is 0 Å². The molecule has 0 spiro atoms. The molecule has 0 bridgehead atoms. The van der Waals surface area contributed by atoms with Crippen LogP contribution in [0, 0.1) is 0 Å². The highest BCUT2D eigenvalue weighted by Gasteiger charge is 2.21. The van der Waals surface area contributed by atoms with Crippen LogP contribution < -0.4 is 0 Å². The van der Waals surface area contributed by atoms with Crippen LogP contribution in [0.25, 0.3) is 0 Å². The Morgan fingerprint density at radius 1 is 1.19 bits per heavy atom. The van der Waals surface area contributed by atoms with Crippen LogP contribution in [0.15, 0.2) is 42.6 Å². The second kappa shape index (κ2) is 6.39. The van der Waals surface area contributed by atoms with Crippen LogP contribution in [0.1, 0.15) is 40.3 Å². The molecule has 1 heterocycles. The van der Waals surface area contributed by atoms with Gasteiger partial charge in [-0.1, -0.05) is 31.2 Å². The van der Waals surface area contributed by atoms with E-state index in [0.29, 0.717) is 11.3 Å². The van der Waals surface area contributed by atoms with E-state index in [1.54, 1.807) is 49.0 Å². The summed E-state index contributed by atoms with van der Waals surface area (Å²) in [6.45, 7) is 3.65. The molecule has 4 heteroatoms. The summed E-state index contributed by atoms with van der Waals surface area (Å²) in [5, 5.41) is 0. The lowest BCUT2D eigenvalue weighted by atomic mass is 10.0. The Labute approximate surface area is 124 Å². The van der Waals surface area contributed by atoms with Gasteiger partial charge in [0.15, 0.2) is 6.10 Å². The van der Waals surface area contributed by atoms with Gasteiger partial charge < -0.3 is 9.30 Å². The first kappa shape index (κ1) is 15.0. The number of esters is 1. The zero-order valence-electron chi connectivity index (χ0n) is 12.5. The Kier molecular flexibility index (Phi) is 4.58. The number of rotatable bonds is 5. The summed E-state index contributed by atoms with van der Waals surface area (Å²) in [5.41, 5.74) is 2.15. The van der Waals surface area contributed by atoms with Gasteiger partial charge in [-0.25, -0.2) is 4.79 Å². The minimum Gasteiger partial charge on any atom is -0.450 e. The Morgan fingerprint density at radius 3 is 2.38 bits per heavy atom. The van der Waals surface area contributed by atoms with Crippen LogP contribution in [0.5, 0.6) is 0 Å². The Hall–Kier alpha value is -2.36. The molecule has 0 saturated heterocycles. The second-order valence-corrected chi connectivity index (χ2v) is 4.97. The van der Waals surface area contributed by atoms with Crippen LogP contribution in [-0.4, -0.2) is 22.4 Å². The summed E-state index contributed by atoms with van der Waals surface area (Å²) in [6.07, 6.45) is 1.87. The maximum absolute atomic E-state index is 12.3. The maximum Gasteiger partial charge on any atom is 0.355 e. The molecule has 0 aliphatic rings. The number of ketones is 1.